The zero-order valence-electron chi connectivity index (χ0n) is 10.9. The number of hydrogen-bond donors (Lipinski definition) is 1. The number of benzene rings is 1. The molecule has 98 valence electrons. The second-order valence-electron chi connectivity index (χ2n) is 4.94. The topological polar surface area (TPSA) is 36.7 Å². The Labute approximate surface area is 119 Å². The maximum atomic E-state index is 8.18. The Balaban J connectivity index is 0.00000133. The zero-order chi connectivity index (χ0) is 12.5. The van der Waals surface area contributed by atoms with Crippen LogP contribution in [0.3, 0.4) is 0 Å². The minimum atomic E-state index is 0. The highest BCUT2D eigenvalue weighted by Crippen LogP contribution is 2.31. The highest BCUT2D eigenvalue weighted by molar-refractivity contribution is 6.00. The van der Waals surface area contributed by atoms with Gasteiger partial charge in [0.15, 0.2) is 0 Å². The number of halogens is 1. The lowest BCUT2D eigenvalue weighted by Crippen LogP contribution is -2.20. The predicted molar refractivity (Wildman–Crippen MR) is 80.6 cm³/mol. The van der Waals surface area contributed by atoms with Crippen LogP contribution in [-0.4, -0.2) is 10.7 Å². The minimum Gasteiger partial charge on any atom is -0.305 e. The van der Waals surface area contributed by atoms with Gasteiger partial charge in [-0.05, 0) is 43.4 Å². The van der Waals surface area contributed by atoms with Crippen molar-refractivity contribution in [2.75, 3.05) is 0 Å². The number of aromatic nitrogens is 1. The van der Waals surface area contributed by atoms with Crippen LogP contribution >= 0.6 is 12.4 Å². The molecule has 0 aliphatic heterocycles. The van der Waals surface area contributed by atoms with Crippen molar-refractivity contribution in [2.45, 2.75) is 25.7 Å². The molecule has 1 aliphatic rings. The van der Waals surface area contributed by atoms with E-state index in [0.717, 1.165) is 35.5 Å². The van der Waals surface area contributed by atoms with Crippen LogP contribution in [0.25, 0.3) is 0 Å². The molecule has 0 radical (unpaired) electrons. The second-order valence-corrected chi connectivity index (χ2v) is 4.94. The quantitative estimate of drug-likeness (QED) is 0.840. The van der Waals surface area contributed by atoms with E-state index in [-0.39, 0.29) is 12.4 Å². The van der Waals surface area contributed by atoms with Gasteiger partial charge in [0.25, 0.3) is 0 Å². The molecule has 1 atom stereocenters. The third-order valence-electron chi connectivity index (χ3n) is 3.60. The van der Waals surface area contributed by atoms with Crippen LogP contribution in [0.4, 0.5) is 0 Å². The molecule has 0 amide bonds. The van der Waals surface area contributed by atoms with E-state index in [0.29, 0.717) is 5.92 Å². The van der Waals surface area contributed by atoms with Gasteiger partial charge in [0.1, 0.15) is 0 Å². The molecule has 1 heterocycles. The summed E-state index contributed by atoms with van der Waals surface area (Å²) in [6, 6.07) is 14.5. The van der Waals surface area contributed by atoms with Gasteiger partial charge in [0.05, 0.1) is 5.69 Å². The van der Waals surface area contributed by atoms with Gasteiger partial charge < -0.3 is 5.41 Å². The first kappa shape index (κ1) is 13.8. The summed E-state index contributed by atoms with van der Waals surface area (Å²) in [4.78, 5) is 4.60. The number of aryl methyl sites for hydroxylation is 1. The monoisotopic (exact) mass is 272 g/mol. The van der Waals surface area contributed by atoms with Gasteiger partial charge in [-0.3, -0.25) is 4.98 Å². The molecule has 1 N–H and O–H groups in total. The van der Waals surface area contributed by atoms with Crippen molar-refractivity contribution in [2.24, 2.45) is 0 Å². The smallest absolute Gasteiger partial charge is 0.0503 e. The fraction of sp³-hybridized carbons (Fsp3) is 0.250. The lowest BCUT2D eigenvalue weighted by atomic mass is 9.81. The number of rotatable bonds is 1. The van der Waals surface area contributed by atoms with Crippen molar-refractivity contribution in [1.82, 2.24) is 4.98 Å². The van der Waals surface area contributed by atoms with Crippen molar-refractivity contribution in [3.63, 3.8) is 0 Å². The molecule has 0 saturated carbocycles. The predicted octanol–water partition coefficient (Wildman–Crippen LogP) is 3.91. The van der Waals surface area contributed by atoms with Crippen molar-refractivity contribution in [3.05, 3.63) is 65.0 Å². The molecular weight excluding hydrogens is 256 g/mol. The van der Waals surface area contributed by atoms with E-state index in [2.05, 4.69) is 29.2 Å². The fourth-order valence-corrected chi connectivity index (χ4v) is 2.66. The number of pyridine rings is 1. The maximum absolute atomic E-state index is 8.18. The highest BCUT2D eigenvalue weighted by atomic mass is 35.5. The van der Waals surface area contributed by atoms with Crippen LogP contribution in [0.1, 0.15) is 34.9 Å². The summed E-state index contributed by atoms with van der Waals surface area (Å²) >= 11 is 0. The van der Waals surface area contributed by atoms with Crippen molar-refractivity contribution in [1.29, 1.82) is 5.41 Å². The van der Waals surface area contributed by atoms with E-state index in [1.807, 2.05) is 25.1 Å². The summed E-state index contributed by atoms with van der Waals surface area (Å²) in [7, 11) is 0. The Morgan fingerprint density at radius 2 is 1.79 bits per heavy atom. The Hall–Kier alpha value is -1.67. The van der Waals surface area contributed by atoms with E-state index in [9.17, 15) is 0 Å². The molecule has 0 bridgehead atoms. The van der Waals surface area contributed by atoms with Gasteiger partial charge >= 0.3 is 0 Å². The molecule has 0 saturated heterocycles. The molecule has 1 aliphatic carbocycles. The van der Waals surface area contributed by atoms with Crippen LogP contribution < -0.4 is 0 Å². The van der Waals surface area contributed by atoms with E-state index in [1.165, 1.54) is 5.56 Å². The number of nitrogens with one attached hydrogen (secondary N) is 1. The molecule has 19 heavy (non-hydrogen) atoms. The summed E-state index contributed by atoms with van der Waals surface area (Å²) in [5.41, 5.74) is 5.19. The summed E-state index contributed by atoms with van der Waals surface area (Å²) in [5, 5.41) is 8.18. The van der Waals surface area contributed by atoms with Gasteiger partial charge in [-0.15, -0.1) is 12.4 Å². The van der Waals surface area contributed by atoms with Gasteiger partial charge in [0.2, 0.25) is 0 Å². The standard InChI is InChI=1S/C16H16N2.ClH/c1-11-7-8-14-15(17)9-13(10-16(14)18-11)12-5-3-2-4-6-12;/h2-8,13,17H,9-10H2,1H3;1H. The fourth-order valence-electron chi connectivity index (χ4n) is 2.66. The third kappa shape index (κ3) is 2.69. The number of fused-ring (bicyclic) bond motifs is 1. The van der Waals surface area contributed by atoms with E-state index in [1.54, 1.807) is 0 Å². The Bertz CT molecular complexity index is 593. The Kier molecular flexibility index (Phi) is 4.01. The Morgan fingerprint density at radius 3 is 2.53 bits per heavy atom. The summed E-state index contributed by atoms with van der Waals surface area (Å²) < 4.78 is 0. The van der Waals surface area contributed by atoms with E-state index in [4.69, 9.17) is 5.41 Å². The minimum absolute atomic E-state index is 0. The first-order chi connectivity index (χ1) is 8.74. The zero-order valence-corrected chi connectivity index (χ0v) is 11.7. The van der Waals surface area contributed by atoms with Gasteiger partial charge in [-0.1, -0.05) is 30.3 Å². The lowest BCUT2D eigenvalue weighted by Gasteiger charge is -2.25. The normalized spacial score (nSPS) is 17.5. The summed E-state index contributed by atoms with van der Waals surface area (Å²) in [6.07, 6.45) is 1.77. The third-order valence-corrected chi connectivity index (χ3v) is 3.60. The molecule has 2 nitrogen and oxygen atoms in total. The molecule has 1 aromatic carbocycles. The van der Waals surface area contributed by atoms with Crippen LogP contribution in [0.15, 0.2) is 42.5 Å². The SMILES string of the molecule is Cc1ccc2c(n1)CC(c1ccccc1)CC2=N.Cl. The van der Waals surface area contributed by atoms with Gasteiger partial charge in [0, 0.05) is 17.0 Å². The first-order valence-corrected chi connectivity index (χ1v) is 6.33. The molecule has 1 aromatic heterocycles. The van der Waals surface area contributed by atoms with Gasteiger partial charge in [-0.25, -0.2) is 0 Å². The van der Waals surface area contributed by atoms with E-state index < -0.39 is 0 Å². The highest BCUT2D eigenvalue weighted by Gasteiger charge is 2.24. The van der Waals surface area contributed by atoms with Crippen molar-refractivity contribution < 1.29 is 0 Å². The molecule has 1 unspecified atom stereocenters. The molecule has 0 fully saturated rings. The average Bonchev–Trinajstić information content (AvgIpc) is 2.39. The molecule has 3 rings (SSSR count). The summed E-state index contributed by atoms with van der Waals surface area (Å²) in [5.74, 6) is 0.403. The molecule has 0 spiro atoms. The largest absolute Gasteiger partial charge is 0.305 e. The van der Waals surface area contributed by atoms with Crippen molar-refractivity contribution >= 4 is 18.1 Å². The first-order valence-electron chi connectivity index (χ1n) is 6.33. The van der Waals surface area contributed by atoms with Crippen LogP contribution in [0.5, 0.6) is 0 Å². The van der Waals surface area contributed by atoms with E-state index >= 15 is 0 Å². The second kappa shape index (κ2) is 5.54. The van der Waals surface area contributed by atoms with Crippen LogP contribution in [0, 0.1) is 12.3 Å². The molecule has 3 heteroatoms. The van der Waals surface area contributed by atoms with Crippen LogP contribution in [0.2, 0.25) is 0 Å². The van der Waals surface area contributed by atoms with Crippen molar-refractivity contribution in [3.8, 4) is 0 Å². The van der Waals surface area contributed by atoms with Gasteiger partial charge in [-0.2, -0.15) is 0 Å². The summed E-state index contributed by atoms with van der Waals surface area (Å²) in [6.45, 7) is 2.01. The number of hydrogen-bond acceptors (Lipinski definition) is 2. The molecular formula is C16H17ClN2. The molecule has 2 aromatic rings. The Morgan fingerprint density at radius 1 is 1.05 bits per heavy atom. The number of nitrogens with zero attached hydrogens (tertiary/aromatic N) is 1. The lowest BCUT2D eigenvalue weighted by molar-refractivity contribution is 0.676. The maximum Gasteiger partial charge on any atom is 0.0503 e. The van der Waals surface area contributed by atoms with Crippen LogP contribution in [-0.2, 0) is 6.42 Å². The average molecular weight is 273 g/mol.